The lowest BCUT2D eigenvalue weighted by molar-refractivity contribution is -0.139. The molecular weight excluding hydrogens is 309 g/mol. The average molecular weight is 332 g/mol. The number of aliphatic hydroxyl groups excluding tert-OH is 2. The van der Waals surface area contributed by atoms with Crippen LogP contribution in [-0.4, -0.2) is 65.4 Å². The van der Waals surface area contributed by atoms with Gasteiger partial charge in [-0.3, -0.25) is 9.80 Å². The normalized spacial score (nSPS) is 20.4. The lowest BCUT2D eigenvalue weighted by atomic mass is 10.0. The summed E-state index contributed by atoms with van der Waals surface area (Å²) >= 11 is 0. The third-order valence-electron chi connectivity index (χ3n) is 4.04. The van der Waals surface area contributed by atoms with Crippen molar-refractivity contribution >= 4 is 0 Å². The fourth-order valence-electron chi connectivity index (χ4n) is 2.92. The van der Waals surface area contributed by atoms with Crippen LogP contribution in [0.3, 0.4) is 0 Å². The summed E-state index contributed by atoms with van der Waals surface area (Å²) in [6.45, 7) is 5.29. The Bertz CT molecular complexity index is 500. The smallest absolute Gasteiger partial charge is 0.392 e. The Balaban J connectivity index is 1.95. The minimum Gasteiger partial charge on any atom is -0.392 e. The van der Waals surface area contributed by atoms with E-state index in [4.69, 9.17) is 0 Å². The van der Waals surface area contributed by atoms with E-state index in [1.165, 1.54) is 18.2 Å². The summed E-state index contributed by atoms with van der Waals surface area (Å²) in [4.78, 5) is 4.06. The fraction of sp³-hybridized carbons (Fsp3) is 0.625. The minimum absolute atomic E-state index is 0.0774. The van der Waals surface area contributed by atoms with E-state index in [1.807, 2.05) is 4.90 Å². The predicted molar refractivity (Wildman–Crippen MR) is 81.0 cm³/mol. The summed E-state index contributed by atoms with van der Waals surface area (Å²) in [7, 11) is 0. The number of rotatable bonds is 5. The minimum atomic E-state index is -4.46. The van der Waals surface area contributed by atoms with Crippen LogP contribution in [0.15, 0.2) is 24.3 Å². The van der Waals surface area contributed by atoms with Crippen LogP contribution in [0.2, 0.25) is 0 Å². The molecule has 23 heavy (non-hydrogen) atoms. The molecule has 2 rings (SSSR count). The highest BCUT2D eigenvalue weighted by Crippen LogP contribution is 2.34. The highest BCUT2D eigenvalue weighted by atomic mass is 19.4. The molecule has 0 radical (unpaired) electrons. The Morgan fingerprint density at radius 3 is 2.04 bits per heavy atom. The molecule has 7 heteroatoms. The van der Waals surface area contributed by atoms with Crippen molar-refractivity contribution in [3.63, 3.8) is 0 Å². The highest BCUT2D eigenvalue weighted by Gasteiger charge is 2.35. The molecule has 2 N–H and O–H groups in total. The molecule has 4 nitrogen and oxygen atoms in total. The van der Waals surface area contributed by atoms with Gasteiger partial charge >= 0.3 is 6.18 Å². The van der Waals surface area contributed by atoms with Crippen molar-refractivity contribution in [3.8, 4) is 0 Å². The van der Waals surface area contributed by atoms with Crippen LogP contribution in [0.4, 0.5) is 13.2 Å². The first-order valence-corrected chi connectivity index (χ1v) is 7.74. The van der Waals surface area contributed by atoms with Crippen molar-refractivity contribution in [2.75, 3.05) is 39.3 Å². The lowest BCUT2D eigenvalue weighted by Crippen LogP contribution is -2.49. The van der Waals surface area contributed by atoms with E-state index < -0.39 is 23.9 Å². The number of alkyl halides is 3. The molecule has 1 aromatic carbocycles. The maximum atomic E-state index is 13.0. The van der Waals surface area contributed by atoms with Gasteiger partial charge in [0.25, 0.3) is 0 Å². The molecule has 1 aromatic rings. The Morgan fingerprint density at radius 2 is 1.52 bits per heavy atom. The summed E-state index contributed by atoms with van der Waals surface area (Å²) in [5.74, 6) is 0. The van der Waals surface area contributed by atoms with Crippen LogP contribution in [0, 0.1) is 0 Å². The van der Waals surface area contributed by atoms with Gasteiger partial charge in [0.2, 0.25) is 0 Å². The Morgan fingerprint density at radius 1 is 1.00 bits per heavy atom. The van der Waals surface area contributed by atoms with E-state index in [0.29, 0.717) is 19.6 Å². The Kier molecular flexibility index (Phi) is 6.02. The molecule has 0 bridgehead atoms. The van der Waals surface area contributed by atoms with Crippen molar-refractivity contribution in [3.05, 3.63) is 35.4 Å². The standard InChI is InChI=1S/C16H23F3N2O2/c1-12(22)10-20-6-8-21(9-7-20)11-15(23)13-4-2-3-5-14(13)16(17,18)19/h2-5,12,15,22-23H,6-11H2,1H3/t12-,15-/m1/s1. The Hall–Kier alpha value is -1.15. The summed E-state index contributed by atoms with van der Waals surface area (Å²) in [6, 6.07) is 5.17. The average Bonchev–Trinajstić information content (AvgIpc) is 2.48. The zero-order valence-electron chi connectivity index (χ0n) is 13.1. The molecule has 0 saturated carbocycles. The molecule has 2 atom stereocenters. The van der Waals surface area contributed by atoms with Crippen molar-refractivity contribution in [2.45, 2.75) is 25.3 Å². The summed E-state index contributed by atoms with van der Waals surface area (Å²) in [6.07, 6.45) is -6.03. The first-order chi connectivity index (χ1) is 10.8. The van der Waals surface area contributed by atoms with E-state index in [1.54, 1.807) is 6.92 Å². The molecule has 0 unspecified atom stereocenters. The monoisotopic (exact) mass is 332 g/mol. The molecule has 1 aliphatic rings. The quantitative estimate of drug-likeness (QED) is 0.862. The second kappa shape index (κ2) is 7.61. The van der Waals surface area contributed by atoms with E-state index in [-0.39, 0.29) is 12.1 Å². The number of hydrogen-bond acceptors (Lipinski definition) is 4. The van der Waals surface area contributed by atoms with Crippen molar-refractivity contribution in [1.29, 1.82) is 0 Å². The van der Waals surface area contributed by atoms with Gasteiger partial charge in [0.15, 0.2) is 0 Å². The van der Waals surface area contributed by atoms with Crippen molar-refractivity contribution in [1.82, 2.24) is 9.80 Å². The largest absolute Gasteiger partial charge is 0.416 e. The van der Waals surface area contributed by atoms with Crippen molar-refractivity contribution < 1.29 is 23.4 Å². The fourth-order valence-corrected chi connectivity index (χ4v) is 2.92. The van der Waals surface area contributed by atoms with Crippen LogP contribution in [0.1, 0.15) is 24.2 Å². The number of halogens is 3. The number of benzene rings is 1. The highest BCUT2D eigenvalue weighted by molar-refractivity contribution is 5.31. The third-order valence-corrected chi connectivity index (χ3v) is 4.04. The van der Waals surface area contributed by atoms with Gasteiger partial charge in [-0.25, -0.2) is 0 Å². The van der Waals surface area contributed by atoms with Crippen LogP contribution >= 0.6 is 0 Å². The van der Waals surface area contributed by atoms with Gasteiger partial charge < -0.3 is 10.2 Å². The number of hydrogen-bond donors (Lipinski definition) is 2. The molecule has 130 valence electrons. The SMILES string of the molecule is C[C@@H](O)CN1CCN(C[C@@H](O)c2ccccc2C(F)(F)F)CC1. The molecule has 1 fully saturated rings. The molecule has 1 aliphatic heterocycles. The second-order valence-corrected chi connectivity index (χ2v) is 6.05. The molecule has 0 aromatic heterocycles. The number of nitrogens with zero attached hydrogens (tertiary/aromatic N) is 2. The van der Waals surface area contributed by atoms with Crippen LogP contribution in [-0.2, 0) is 6.18 Å². The van der Waals surface area contributed by atoms with Gasteiger partial charge in [-0.2, -0.15) is 13.2 Å². The van der Waals surface area contributed by atoms with Crippen LogP contribution in [0.5, 0.6) is 0 Å². The predicted octanol–water partition coefficient (Wildman–Crippen LogP) is 1.74. The zero-order chi connectivity index (χ0) is 17.0. The molecule has 0 amide bonds. The number of piperazine rings is 1. The third kappa shape index (κ3) is 5.17. The van der Waals surface area contributed by atoms with Crippen LogP contribution < -0.4 is 0 Å². The van der Waals surface area contributed by atoms with Crippen LogP contribution in [0.25, 0.3) is 0 Å². The summed E-state index contributed by atoms with van der Waals surface area (Å²) in [5.41, 5.74) is -0.855. The lowest BCUT2D eigenvalue weighted by Gasteiger charge is -2.36. The van der Waals surface area contributed by atoms with E-state index in [9.17, 15) is 23.4 Å². The summed E-state index contributed by atoms with van der Waals surface area (Å²) < 4.78 is 39.0. The second-order valence-electron chi connectivity index (χ2n) is 6.05. The van der Waals surface area contributed by atoms with Gasteiger partial charge in [0.1, 0.15) is 0 Å². The van der Waals surface area contributed by atoms with Gasteiger partial charge in [-0.05, 0) is 18.6 Å². The van der Waals surface area contributed by atoms with Crippen molar-refractivity contribution in [2.24, 2.45) is 0 Å². The Labute approximate surface area is 134 Å². The van der Waals surface area contributed by atoms with Gasteiger partial charge in [0, 0.05) is 39.3 Å². The first-order valence-electron chi connectivity index (χ1n) is 7.74. The first kappa shape index (κ1) is 18.2. The maximum Gasteiger partial charge on any atom is 0.416 e. The van der Waals surface area contributed by atoms with E-state index >= 15 is 0 Å². The number of aliphatic hydroxyl groups is 2. The maximum absolute atomic E-state index is 13.0. The molecule has 0 aliphatic carbocycles. The zero-order valence-corrected chi connectivity index (χ0v) is 13.1. The van der Waals surface area contributed by atoms with E-state index in [0.717, 1.165) is 19.2 Å². The summed E-state index contributed by atoms with van der Waals surface area (Å²) in [5, 5.41) is 19.6. The van der Waals surface area contributed by atoms with E-state index in [2.05, 4.69) is 4.90 Å². The molecule has 1 saturated heterocycles. The molecular formula is C16H23F3N2O2. The topological polar surface area (TPSA) is 46.9 Å². The molecule has 1 heterocycles. The molecule has 0 spiro atoms. The van der Waals surface area contributed by atoms with Gasteiger partial charge in [-0.15, -0.1) is 0 Å². The van der Waals surface area contributed by atoms with Gasteiger partial charge in [-0.1, -0.05) is 18.2 Å². The van der Waals surface area contributed by atoms with Gasteiger partial charge in [0.05, 0.1) is 17.8 Å². The number of β-amino-alcohol motifs (C(OH)–C–C–N with tert-alkyl or cyclic N) is 2.